The molecule has 0 aliphatic heterocycles. The number of nitrogens with one attached hydrogen (secondary N) is 2. The molecule has 0 saturated heterocycles. The molecule has 0 atom stereocenters. The Balaban J connectivity index is 2.54. The summed E-state index contributed by atoms with van der Waals surface area (Å²) in [4.78, 5) is 8.49. The fourth-order valence-corrected chi connectivity index (χ4v) is 1.05. The molecule has 0 aliphatic rings. The number of hydrogen-bond acceptors (Lipinski definition) is 4. The monoisotopic (exact) mass is 194 g/mol. The van der Waals surface area contributed by atoms with Crippen LogP contribution in [0.15, 0.2) is 12.3 Å². The van der Waals surface area contributed by atoms with Gasteiger partial charge in [0.2, 0.25) is 0 Å². The summed E-state index contributed by atoms with van der Waals surface area (Å²) in [5.41, 5.74) is 0. The van der Waals surface area contributed by atoms with Gasteiger partial charge in [0, 0.05) is 12.7 Å². The Bertz CT molecular complexity index is 273. The van der Waals surface area contributed by atoms with Crippen molar-refractivity contribution < 1.29 is 0 Å². The second kappa shape index (κ2) is 5.54. The molecule has 1 rings (SSSR count). The van der Waals surface area contributed by atoms with Gasteiger partial charge in [-0.2, -0.15) is 0 Å². The minimum absolute atomic E-state index is 0.623. The Morgan fingerprint density at radius 3 is 2.86 bits per heavy atom. The minimum Gasteiger partial charge on any atom is -0.370 e. The molecule has 14 heavy (non-hydrogen) atoms. The second-order valence-corrected chi connectivity index (χ2v) is 3.66. The van der Waals surface area contributed by atoms with E-state index in [0.29, 0.717) is 12.5 Å². The van der Waals surface area contributed by atoms with Crippen molar-refractivity contribution in [3.63, 3.8) is 0 Å². The van der Waals surface area contributed by atoms with Crippen molar-refractivity contribution in [3.05, 3.63) is 18.1 Å². The van der Waals surface area contributed by atoms with Crippen molar-refractivity contribution in [3.8, 4) is 0 Å². The molecular weight excluding hydrogens is 176 g/mol. The lowest BCUT2D eigenvalue weighted by Gasteiger charge is -2.08. The van der Waals surface area contributed by atoms with Gasteiger partial charge in [0.15, 0.2) is 0 Å². The van der Waals surface area contributed by atoms with Crippen molar-refractivity contribution >= 4 is 5.82 Å². The average Bonchev–Trinajstić information content (AvgIpc) is 2.16. The van der Waals surface area contributed by atoms with Gasteiger partial charge >= 0.3 is 0 Å². The van der Waals surface area contributed by atoms with E-state index in [-0.39, 0.29) is 0 Å². The molecule has 1 aromatic rings. The van der Waals surface area contributed by atoms with Crippen LogP contribution in [0.25, 0.3) is 0 Å². The summed E-state index contributed by atoms with van der Waals surface area (Å²) in [6.07, 6.45) is 1.78. The Morgan fingerprint density at radius 2 is 2.21 bits per heavy atom. The minimum atomic E-state index is 0.623. The first-order valence-corrected chi connectivity index (χ1v) is 4.92. The van der Waals surface area contributed by atoms with Crippen LogP contribution >= 0.6 is 0 Å². The van der Waals surface area contributed by atoms with E-state index in [1.807, 2.05) is 13.1 Å². The second-order valence-electron chi connectivity index (χ2n) is 3.66. The zero-order valence-corrected chi connectivity index (χ0v) is 9.04. The summed E-state index contributed by atoms with van der Waals surface area (Å²) < 4.78 is 0. The van der Waals surface area contributed by atoms with E-state index in [2.05, 4.69) is 34.4 Å². The SMILES string of the molecule is CNCc1nccc(NCC(C)C)n1. The van der Waals surface area contributed by atoms with Gasteiger partial charge < -0.3 is 10.6 Å². The molecule has 4 heteroatoms. The highest BCUT2D eigenvalue weighted by Gasteiger charge is 1.98. The molecular formula is C10H18N4. The van der Waals surface area contributed by atoms with E-state index in [4.69, 9.17) is 0 Å². The zero-order valence-electron chi connectivity index (χ0n) is 9.04. The van der Waals surface area contributed by atoms with Gasteiger partial charge in [-0.25, -0.2) is 9.97 Å². The van der Waals surface area contributed by atoms with Crippen LogP contribution in [-0.4, -0.2) is 23.6 Å². The predicted octanol–water partition coefficient (Wildman–Crippen LogP) is 1.26. The summed E-state index contributed by atoms with van der Waals surface area (Å²) in [7, 11) is 1.89. The molecule has 78 valence electrons. The van der Waals surface area contributed by atoms with Crippen molar-refractivity contribution in [1.82, 2.24) is 15.3 Å². The smallest absolute Gasteiger partial charge is 0.144 e. The predicted molar refractivity (Wildman–Crippen MR) is 58.1 cm³/mol. The largest absolute Gasteiger partial charge is 0.370 e. The van der Waals surface area contributed by atoms with Crippen LogP contribution < -0.4 is 10.6 Å². The number of anilines is 1. The molecule has 0 aromatic carbocycles. The van der Waals surface area contributed by atoms with Crippen molar-refractivity contribution in [2.45, 2.75) is 20.4 Å². The average molecular weight is 194 g/mol. The Morgan fingerprint density at radius 1 is 1.43 bits per heavy atom. The zero-order chi connectivity index (χ0) is 10.4. The van der Waals surface area contributed by atoms with Gasteiger partial charge in [-0.3, -0.25) is 0 Å². The normalized spacial score (nSPS) is 10.6. The van der Waals surface area contributed by atoms with Crippen LogP contribution in [0.2, 0.25) is 0 Å². The van der Waals surface area contributed by atoms with E-state index in [1.165, 1.54) is 0 Å². The maximum atomic E-state index is 4.35. The molecule has 1 heterocycles. The van der Waals surface area contributed by atoms with E-state index in [0.717, 1.165) is 18.2 Å². The molecule has 0 bridgehead atoms. The molecule has 0 spiro atoms. The van der Waals surface area contributed by atoms with Crippen molar-refractivity contribution in [1.29, 1.82) is 0 Å². The lowest BCUT2D eigenvalue weighted by molar-refractivity contribution is 0.684. The van der Waals surface area contributed by atoms with E-state index in [9.17, 15) is 0 Å². The molecule has 1 aromatic heterocycles. The molecule has 0 aliphatic carbocycles. The van der Waals surface area contributed by atoms with Gasteiger partial charge in [-0.15, -0.1) is 0 Å². The third-order valence-electron chi connectivity index (χ3n) is 1.73. The number of rotatable bonds is 5. The first-order valence-electron chi connectivity index (χ1n) is 4.92. The molecule has 0 amide bonds. The summed E-state index contributed by atoms with van der Waals surface area (Å²) >= 11 is 0. The van der Waals surface area contributed by atoms with Gasteiger partial charge in [-0.1, -0.05) is 13.8 Å². The first kappa shape index (κ1) is 10.9. The van der Waals surface area contributed by atoms with Crippen molar-refractivity contribution in [2.24, 2.45) is 5.92 Å². The molecule has 0 unspecified atom stereocenters. The highest BCUT2D eigenvalue weighted by atomic mass is 15.0. The van der Waals surface area contributed by atoms with Crippen LogP contribution in [0, 0.1) is 5.92 Å². The van der Waals surface area contributed by atoms with E-state index in [1.54, 1.807) is 6.20 Å². The summed E-state index contributed by atoms with van der Waals surface area (Å²) in [6.45, 7) is 5.98. The molecule has 4 nitrogen and oxygen atoms in total. The summed E-state index contributed by atoms with van der Waals surface area (Å²) in [6, 6.07) is 1.89. The fraction of sp³-hybridized carbons (Fsp3) is 0.600. The van der Waals surface area contributed by atoms with Gasteiger partial charge in [0.1, 0.15) is 11.6 Å². The van der Waals surface area contributed by atoms with Crippen LogP contribution in [0.4, 0.5) is 5.82 Å². The van der Waals surface area contributed by atoms with Gasteiger partial charge in [0.05, 0.1) is 6.54 Å². The van der Waals surface area contributed by atoms with Gasteiger partial charge in [-0.05, 0) is 19.0 Å². The Labute approximate surface area is 85.2 Å². The molecule has 0 fully saturated rings. The van der Waals surface area contributed by atoms with E-state index >= 15 is 0 Å². The Kier molecular flexibility index (Phi) is 4.32. The maximum Gasteiger partial charge on any atom is 0.144 e. The highest BCUT2D eigenvalue weighted by molar-refractivity contribution is 5.32. The van der Waals surface area contributed by atoms with Crippen LogP contribution in [0.3, 0.4) is 0 Å². The number of hydrogen-bond donors (Lipinski definition) is 2. The van der Waals surface area contributed by atoms with Crippen LogP contribution in [-0.2, 0) is 6.54 Å². The summed E-state index contributed by atoms with van der Waals surface area (Å²) in [5.74, 6) is 2.35. The quantitative estimate of drug-likeness (QED) is 0.741. The lowest BCUT2D eigenvalue weighted by Crippen LogP contribution is -2.13. The van der Waals surface area contributed by atoms with Gasteiger partial charge in [0.25, 0.3) is 0 Å². The topological polar surface area (TPSA) is 49.8 Å². The fourth-order valence-electron chi connectivity index (χ4n) is 1.05. The van der Waals surface area contributed by atoms with E-state index < -0.39 is 0 Å². The summed E-state index contributed by atoms with van der Waals surface area (Å²) in [5, 5.41) is 6.29. The molecule has 0 radical (unpaired) electrons. The number of aromatic nitrogens is 2. The molecule has 2 N–H and O–H groups in total. The third-order valence-corrected chi connectivity index (χ3v) is 1.73. The molecule has 0 saturated carbocycles. The number of nitrogens with zero attached hydrogens (tertiary/aromatic N) is 2. The maximum absolute atomic E-state index is 4.35. The van der Waals surface area contributed by atoms with Crippen LogP contribution in [0.1, 0.15) is 19.7 Å². The van der Waals surface area contributed by atoms with Crippen molar-refractivity contribution in [2.75, 3.05) is 18.9 Å². The first-order chi connectivity index (χ1) is 6.72. The highest BCUT2D eigenvalue weighted by Crippen LogP contribution is 2.03. The Hall–Kier alpha value is -1.16. The van der Waals surface area contributed by atoms with Crippen LogP contribution in [0.5, 0.6) is 0 Å². The standard InChI is InChI=1S/C10H18N4/c1-8(2)6-13-9-4-5-12-10(14-9)7-11-3/h4-5,8,11H,6-7H2,1-3H3,(H,12,13,14). The lowest BCUT2D eigenvalue weighted by atomic mass is 10.2. The third kappa shape index (κ3) is 3.70.